The van der Waals surface area contributed by atoms with Crippen LogP contribution < -0.4 is 5.32 Å². The molecular weight excluding hydrogens is 313 g/mol. The number of aromatic nitrogens is 2. The summed E-state index contributed by atoms with van der Waals surface area (Å²) in [6.45, 7) is -0.517. The van der Waals surface area contributed by atoms with Crippen molar-refractivity contribution in [2.75, 3.05) is 0 Å². The van der Waals surface area contributed by atoms with E-state index in [2.05, 4.69) is 5.10 Å². The van der Waals surface area contributed by atoms with E-state index in [0.29, 0.717) is 16.8 Å². The molecule has 0 spiro atoms. The molecule has 2 aromatic rings. The van der Waals surface area contributed by atoms with Crippen LogP contribution in [-0.4, -0.2) is 21.0 Å². The van der Waals surface area contributed by atoms with E-state index in [-0.39, 0.29) is 11.4 Å². The lowest BCUT2D eigenvalue weighted by molar-refractivity contribution is -0.141. The van der Waals surface area contributed by atoms with Crippen LogP contribution in [0.15, 0.2) is 24.3 Å². The fourth-order valence-corrected chi connectivity index (χ4v) is 1.74. The first-order valence-corrected chi connectivity index (χ1v) is 5.76. The predicted molar refractivity (Wildman–Crippen MR) is 63.3 cm³/mol. The van der Waals surface area contributed by atoms with Gasteiger partial charge in [0, 0.05) is 6.07 Å². The zero-order chi connectivity index (χ0) is 16.5. The molecule has 0 atom stereocenters. The van der Waals surface area contributed by atoms with E-state index in [1.165, 1.54) is 0 Å². The molecule has 1 aromatic carbocycles. The van der Waals surface area contributed by atoms with Gasteiger partial charge in [-0.3, -0.25) is 0 Å². The van der Waals surface area contributed by atoms with Crippen molar-refractivity contribution in [2.45, 2.75) is 12.7 Å². The Morgan fingerprint density at radius 3 is 2.27 bits per heavy atom. The molecule has 0 unspecified atom stereocenters. The van der Waals surface area contributed by atoms with Crippen molar-refractivity contribution in [2.24, 2.45) is 0 Å². The Morgan fingerprint density at radius 2 is 1.77 bits per heavy atom. The van der Waals surface area contributed by atoms with Crippen molar-refractivity contribution in [3.63, 3.8) is 0 Å². The third kappa shape index (κ3) is 3.51. The van der Waals surface area contributed by atoms with Crippen molar-refractivity contribution >= 4 is 6.09 Å². The van der Waals surface area contributed by atoms with E-state index in [1.807, 2.05) is 5.32 Å². The molecule has 10 heteroatoms. The molecule has 0 aliphatic heterocycles. The Kier molecular flexibility index (Phi) is 4.02. The van der Waals surface area contributed by atoms with Gasteiger partial charge in [0.05, 0.1) is 17.9 Å². The molecule has 0 bridgehead atoms. The van der Waals surface area contributed by atoms with Gasteiger partial charge in [0.15, 0.2) is 5.69 Å². The van der Waals surface area contributed by atoms with Crippen LogP contribution in [0.2, 0.25) is 0 Å². The third-order valence-corrected chi connectivity index (χ3v) is 2.59. The maximum atomic E-state index is 13.2. The minimum atomic E-state index is -4.78. The number of carbonyl (C=O) groups is 1. The Labute approximate surface area is 120 Å². The number of rotatable bonds is 3. The van der Waals surface area contributed by atoms with Crippen molar-refractivity contribution in [3.8, 4) is 5.69 Å². The number of halogens is 5. The molecular formula is C12H8F5N3O2. The normalized spacial score (nSPS) is 11.5. The molecule has 1 amide bonds. The fourth-order valence-electron chi connectivity index (χ4n) is 1.74. The minimum Gasteiger partial charge on any atom is -0.465 e. The molecule has 1 heterocycles. The van der Waals surface area contributed by atoms with Crippen LogP contribution >= 0.6 is 0 Å². The Balaban J connectivity index is 2.51. The summed E-state index contributed by atoms with van der Waals surface area (Å²) in [7, 11) is 0. The third-order valence-electron chi connectivity index (χ3n) is 2.59. The van der Waals surface area contributed by atoms with Crippen LogP contribution in [-0.2, 0) is 12.7 Å². The highest BCUT2D eigenvalue weighted by molar-refractivity contribution is 5.64. The van der Waals surface area contributed by atoms with Crippen molar-refractivity contribution in [1.82, 2.24) is 15.1 Å². The maximum Gasteiger partial charge on any atom is 0.435 e. The quantitative estimate of drug-likeness (QED) is 0.854. The summed E-state index contributed by atoms with van der Waals surface area (Å²) in [6, 6.07) is 2.70. The maximum absolute atomic E-state index is 13.2. The Hall–Kier alpha value is -2.65. The molecule has 118 valence electrons. The van der Waals surface area contributed by atoms with E-state index in [9.17, 15) is 26.7 Å². The van der Waals surface area contributed by atoms with Gasteiger partial charge in [-0.25, -0.2) is 18.3 Å². The monoisotopic (exact) mass is 321 g/mol. The zero-order valence-corrected chi connectivity index (χ0v) is 10.7. The highest BCUT2D eigenvalue weighted by Crippen LogP contribution is 2.29. The SMILES string of the molecule is O=C(O)NCc1cc(C(F)(F)F)nn1-c1cc(F)cc(F)c1. The lowest BCUT2D eigenvalue weighted by Gasteiger charge is -2.08. The van der Waals surface area contributed by atoms with Crippen LogP contribution in [0.25, 0.3) is 5.69 Å². The van der Waals surface area contributed by atoms with Crippen LogP contribution in [0.4, 0.5) is 26.7 Å². The smallest absolute Gasteiger partial charge is 0.435 e. The van der Waals surface area contributed by atoms with Crippen molar-refractivity contribution < 1.29 is 31.9 Å². The Morgan fingerprint density at radius 1 is 1.18 bits per heavy atom. The summed E-state index contributed by atoms with van der Waals surface area (Å²) >= 11 is 0. The summed E-state index contributed by atoms with van der Waals surface area (Å²) < 4.78 is 65.1. The Bertz CT molecular complexity index is 691. The van der Waals surface area contributed by atoms with Crippen LogP contribution in [0, 0.1) is 11.6 Å². The summed E-state index contributed by atoms with van der Waals surface area (Å²) in [4.78, 5) is 10.4. The van der Waals surface area contributed by atoms with Gasteiger partial charge in [-0.15, -0.1) is 0 Å². The number of nitrogens with one attached hydrogen (secondary N) is 1. The van der Waals surface area contributed by atoms with E-state index in [1.54, 1.807) is 0 Å². The van der Waals surface area contributed by atoms with Crippen molar-refractivity contribution in [3.05, 3.63) is 47.3 Å². The second kappa shape index (κ2) is 5.62. The average molecular weight is 321 g/mol. The lowest BCUT2D eigenvalue weighted by atomic mass is 10.3. The average Bonchev–Trinajstić information content (AvgIpc) is 2.79. The van der Waals surface area contributed by atoms with Crippen LogP contribution in [0.3, 0.4) is 0 Å². The largest absolute Gasteiger partial charge is 0.465 e. The zero-order valence-electron chi connectivity index (χ0n) is 10.7. The molecule has 0 radical (unpaired) electrons. The van der Waals surface area contributed by atoms with Gasteiger partial charge >= 0.3 is 12.3 Å². The summed E-state index contributed by atoms with van der Waals surface area (Å²) in [6.07, 6.45) is -6.25. The first kappa shape index (κ1) is 15.7. The van der Waals surface area contributed by atoms with E-state index < -0.39 is 36.1 Å². The number of hydrogen-bond acceptors (Lipinski definition) is 2. The molecule has 0 saturated heterocycles. The molecule has 2 rings (SSSR count). The number of alkyl halides is 3. The number of carboxylic acid groups (broad SMARTS) is 1. The van der Waals surface area contributed by atoms with Gasteiger partial charge in [0.2, 0.25) is 0 Å². The molecule has 0 aliphatic carbocycles. The van der Waals surface area contributed by atoms with Crippen molar-refractivity contribution in [1.29, 1.82) is 0 Å². The van der Waals surface area contributed by atoms with Gasteiger partial charge in [0.25, 0.3) is 0 Å². The number of hydrogen-bond donors (Lipinski definition) is 2. The first-order chi connectivity index (χ1) is 10.2. The first-order valence-electron chi connectivity index (χ1n) is 5.76. The molecule has 1 aromatic heterocycles. The molecule has 5 nitrogen and oxygen atoms in total. The second-order valence-electron chi connectivity index (χ2n) is 4.22. The molecule has 0 fully saturated rings. The highest BCUT2D eigenvalue weighted by atomic mass is 19.4. The van der Waals surface area contributed by atoms with E-state index >= 15 is 0 Å². The topological polar surface area (TPSA) is 67.2 Å². The van der Waals surface area contributed by atoms with Gasteiger partial charge in [-0.2, -0.15) is 18.3 Å². The summed E-state index contributed by atoms with van der Waals surface area (Å²) in [5.41, 5.74) is -1.82. The standard InChI is InChI=1S/C12H8F5N3O2/c13-6-1-7(14)3-8(2-6)20-9(5-18-11(21)22)4-10(19-20)12(15,16)17/h1-4,18H,5H2,(H,21,22). The molecule has 22 heavy (non-hydrogen) atoms. The van der Waals surface area contributed by atoms with Gasteiger partial charge in [-0.05, 0) is 18.2 Å². The van der Waals surface area contributed by atoms with Gasteiger partial charge in [-0.1, -0.05) is 0 Å². The summed E-state index contributed by atoms with van der Waals surface area (Å²) in [5, 5.41) is 13.6. The minimum absolute atomic E-state index is 0.222. The molecule has 0 saturated carbocycles. The van der Waals surface area contributed by atoms with E-state index in [4.69, 9.17) is 5.11 Å². The second-order valence-corrected chi connectivity index (χ2v) is 4.22. The van der Waals surface area contributed by atoms with Gasteiger partial charge < -0.3 is 10.4 Å². The number of benzene rings is 1. The molecule has 2 N–H and O–H groups in total. The highest BCUT2D eigenvalue weighted by Gasteiger charge is 2.35. The summed E-state index contributed by atoms with van der Waals surface area (Å²) in [5.74, 6) is -2.01. The number of amides is 1. The predicted octanol–water partition coefficient (Wildman–Crippen LogP) is 2.94. The van der Waals surface area contributed by atoms with Crippen LogP contribution in [0.5, 0.6) is 0 Å². The van der Waals surface area contributed by atoms with Gasteiger partial charge in [0.1, 0.15) is 11.6 Å². The lowest BCUT2D eigenvalue weighted by Crippen LogP contribution is -2.21. The number of nitrogens with zero attached hydrogens (tertiary/aromatic N) is 2. The van der Waals surface area contributed by atoms with Crippen LogP contribution in [0.1, 0.15) is 11.4 Å². The molecule has 0 aliphatic rings. The van der Waals surface area contributed by atoms with E-state index in [0.717, 1.165) is 12.1 Å². The fraction of sp³-hybridized carbons (Fsp3) is 0.167.